The van der Waals surface area contributed by atoms with E-state index in [0.717, 1.165) is 34.9 Å². The molecule has 228 valence electrons. The van der Waals surface area contributed by atoms with Crippen molar-refractivity contribution in [3.05, 3.63) is 118 Å². The van der Waals surface area contributed by atoms with Crippen LogP contribution in [0, 0.1) is 6.92 Å². The van der Waals surface area contributed by atoms with Crippen molar-refractivity contribution in [3.8, 4) is 5.75 Å². The molecule has 0 aliphatic carbocycles. The van der Waals surface area contributed by atoms with Crippen molar-refractivity contribution >= 4 is 23.2 Å². The lowest BCUT2D eigenvalue weighted by molar-refractivity contribution is 0.0719. The van der Waals surface area contributed by atoms with Crippen LogP contribution in [0.15, 0.2) is 90.3 Å². The number of aryl methyl sites for hydroxylation is 1. The number of carbonyl (C=O) groups excluding carboxylic acids is 2. The van der Waals surface area contributed by atoms with E-state index in [2.05, 4.69) is 15.6 Å². The fourth-order valence-corrected chi connectivity index (χ4v) is 7.13. The molecule has 0 bridgehead atoms. The second-order valence-electron chi connectivity index (χ2n) is 11.6. The number of aliphatic hydroxyl groups is 1. The van der Waals surface area contributed by atoms with E-state index in [9.17, 15) is 14.7 Å². The van der Waals surface area contributed by atoms with E-state index in [1.807, 2.05) is 77.9 Å². The summed E-state index contributed by atoms with van der Waals surface area (Å²) < 4.78 is 6.12. The zero-order chi connectivity index (χ0) is 30.5. The molecule has 4 aromatic rings. The van der Waals surface area contributed by atoms with Crippen molar-refractivity contribution in [2.45, 2.75) is 62.9 Å². The number of aliphatic hydroxyl groups excluding tert-OH is 1. The lowest BCUT2D eigenvalue weighted by Crippen LogP contribution is -2.52. The van der Waals surface area contributed by atoms with Gasteiger partial charge in [0.1, 0.15) is 16.9 Å². The molecule has 2 aliphatic heterocycles. The number of benzene rings is 3. The smallest absolute Gasteiger partial charge is 0.254 e. The predicted molar refractivity (Wildman–Crippen MR) is 171 cm³/mol. The van der Waals surface area contributed by atoms with E-state index in [4.69, 9.17) is 4.74 Å². The zero-order valence-corrected chi connectivity index (χ0v) is 25.6. The molecule has 1 unspecified atom stereocenters. The van der Waals surface area contributed by atoms with Crippen molar-refractivity contribution in [1.29, 1.82) is 0 Å². The highest BCUT2D eigenvalue weighted by molar-refractivity contribution is 7.09. The van der Waals surface area contributed by atoms with Gasteiger partial charge in [0, 0.05) is 47.8 Å². The van der Waals surface area contributed by atoms with E-state index in [1.54, 1.807) is 35.6 Å². The van der Waals surface area contributed by atoms with Crippen molar-refractivity contribution in [2.75, 3.05) is 13.1 Å². The third kappa shape index (κ3) is 7.01. The summed E-state index contributed by atoms with van der Waals surface area (Å²) in [7, 11) is 0. The molecule has 2 saturated heterocycles. The van der Waals surface area contributed by atoms with Gasteiger partial charge in [0.05, 0.1) is 18.2 Å². The van der Waals surface area contributed by atoms with E-state index in [-0.39, 0.29) is 30.0 Å². The highest BCUT2D eigenvalue weighted by Crippen LogP contribution is 2.35. The average Bonchev–Trinajstić information content (AvgIpc) is 3.82. The third-order valence-corrected chi connectivity index (χ3v) is 9.48. The summed E-state index contributed by atoms with van der Waals surface area (Å²) in [5, 5.41) is 21.0. The first kappa shape index (κ1) is 30.0. The summed E-state index contributed by atoms with van der Waals surface area (Å²) in [6.07, 6.45) is 1.91. The number of carbonyl (C=O) groups is 2. The number of aromatic nitrogens is 1. The predicted octanol–water partition coefficient (Wildman–Crippen LogP) is 4.94. The van der Waals surface area contributed by atoms with E-state index >= 15 is 0 Å². The van der Waals surface area contributed by atoms with E-state index < -0.39 is 12.1 Å². The maximum absolute atomic E-state index is 13.7. The molecule has 8 nitrogen and oxygen atoms in total. The summed E-state index contributed by atoms with van der Waals surface area (Å²) in [6, 6.07) is 25.5. The van der Waals surface area contributed by atoms with Crippen LogP contribution in [0.3, 0.4) is 0 Å². The molecule has 0 spiro atoms. The third-order valence-electron chi connectivity index (χ3n) is 8.42. The van der Waals surface area contributed by atoms with Crippen LogP contribution in [0.5, 0.6) is 5.75 Å². The molecule has 44 heavy (non-hydrogen) atoms. The number of rotatable bonds is 10. The molecule has 3 heterocycles. The number of nitrogens with one attached hydrogen (secondary N) is 2. The van der Waals surface area contributed by atoms with E-state index in [1.165, 1.54) is 0 Å². The number of thiazole rings is 1. The molecule has 6 rings (SSSR count). The summed E-state index contributed by atoms with van der Waals surface area (Å²) in [5.74, 6) is 0.360. The Kier molecular flexibility index (Phi) is 9.35. The SMILES string of the molecule is Cc1csc([C@H]2CCCN2C(=O)c2cccc(C(=O)NC(Cc3ccccc3)[C@H](O)[C@H]3C[C@@H](Oc4ccccc4)CN3)c2)n1. The monoisotopic (exact) mass is 610 g/mol. The van der Waals surface area contributed by atoms with Crippen LogP contribution in [0.2, 0.25) is 0 Å². The Balaban J connectivity index is 1.16. The number of amides is 2. The van der Waals surface area contributed by atoms with Crippen molar-refractivity contribution in [1.82, 2.24) is 20.5 Å². The molecule has 0 radical (unpaired) electrons. The van der Waals surface area contributed by atoms with Gasteiger partial charge in [-0.05, 0) is 62.1 Å². The van der Waals surface area contributed by atoms with Crippen molar-refractivity contribution in [2.24, 2.45) is 0 Å². The van der Waals surface area contributed by atoms with Gasteiger partial charge >= 0.3 is 0 Å². The van der Waals surface area contributed by atoms with Crippen LogP contribution in [0.4, 0.5) is 0 Å². The van der Waals surface area contributed by atoms with Crippen molar-refractivity contribution < 1.29 is 19.4 Å². The van der Waals surface area contributed by atoms with E-state index in [0.29, 0.717) is 37.1 Å². The second-order valence-corrected chi connectivity index (χ2v) is 12.5. The van der Waals surface area contributed by atoms with Gasteiger partial charge in [-0.3, -0.25) is 9.59 Å². The Labute approximate surface area is 262 Å². The summed E-state index contributed by atoms with van der Waals surface area (Å²) in [6.45, 7) is 3.23. The number of hydrogen-bond donors (Lipinski definition) is 3. The Morgan fingerprint density at radius 3 is 2.57 bits per heavy atom. The average molecular weight is 611 g/mol. The first-order chi connectivity index (χ1) is 21.4. The van der Waals surface area contributed by atoms with Gasteiger partial charge in [-0.1, -0.05) is 54.6 Å². The number of hydrogen-bond acceptors (Lipinski definition) is 7. The molecule has 9 heteroatoms. The highest BCUT2D eigenvalue weighted by Gasteiger charge is 2.36. The first-order valence-electron chi connectivity index (χ1n) is 15.3. The number of nitrogens with zero attached hydrogens (tertiary/aromatic N) is 2. The fraction of sp³-hybridized carbons (Fsp3) is 0.343. The van der Waals surface area contributed by atoms with Crippen LogP contribution >= 0.6 is 11.3 Å². The highest BCUT2D eigenvalue weighted by atomic mass is 32.1. The maximum atomic E-state index is 13.7. The van der Waals surface area contributed by atoms with Crippen LogP contribution in [0.25, 0.3) is 0 Å². The first-order valence-corrected chi connectivity index (χ1v) is 16.1. The second kappa shape index (κ2) is 13.7. The summed E-state index contributed by atoms with van der Waals surface area (Å²) in [5.41, 5.74) is 2.82. The number of para-hydroxylation sites is 1. The standard InChI is InChI=1S/C35H38N4O4S/c1-23-22-44-34(37-23)31-16-9-17-39(31)35(42)26-13-8-12-25(19-26)33(41)38-30(18-24-10-4-2-5-11-24)32(40)29-20-28(21-36-29)43-27-14-6-3-7-15-27/h2-8,10-15,19,22,28-32,36,40H,9,16-18,20-21H2,1H3,(H,38,41)/t28-,29-,30?,31-,32-/m1/s1. The molecule has 2 fully saturated rings. The molecule has 1 aromatic heterocycles. The maximum Gasteiger partial charge on any atom is 0.254 e. The summed E-state index contributed by atoms with van der Waals surface area (Å²) in [4.78, 5) is 33.8. The van der Waals surface area contributed by atoms with Gasteiger partial charge in [-0.2, -0.15) is 0 Å². The van der Waals surface area contributed by atoms with Gasteiger partial charge in [0.15, 0.2) is 0 Å². The molecule has 2 aliphatic rings. The van der Waals surface area contributed by atoms with Gasteiger partial charge in [0.2, 0.25) is 0 Å². The number of ether oxygens (including phenoxy) is 1. The van der Waals surface area contributed by atoms with Gasteiger partial charge in [0.25, 0.3) is 11.8 Å². The zero-order valence-electron chi connectivity index (χ0n) is 24.8. The Morgan fingerprint density at radius 1 is 1.07 bits per heavy atom. The minimum atomic E-state index is -0.861. The molecule has 2 amide bonds. The summed E-state index contributed by atoms with van der Waals surface area (Å²) >= 11 is 1.59. The van der Waals surface area contributed by atoms with Gasteiger partial charge in [-0.15, -0.1) is 11.3 Å². The van der Waals surface area contributed by atoms with Crippen molar-refractivity contribution in [3.63, 3.8) is 0 Å². The molecular weight excluding hydrogens is 572 g/mol. The van der Waals surface area contributed by atoms with Gasteiger partial charge in [-0.25, -0.2) is 4.98 Å². The molecular formula is C35H38N4O4S. The fourth-order valence-electron chi connectivity index (χ4n) is 6.18. The minimum Gasteiger partial charge on any atom is -0.489 e. The lowest BCUT2D eigenvalue weighted by atomic mass is 9.94. The Morgan fingerprint density at radius 2 is 1.82 bits per heavy atom. The molecule has 3 aromatic carbocycles. The lowest BCUT2D eigenvalue weighted by Gasteiger charge is -2.29. The quantitative estimate of drug-likeness (QED) is 0.235. The van der Waals surface area contributed by atoms with Crippen LogP contribution in [-0.4, -0.2) is 64.2 Å². The number of likely N-dealkylation sites (tertiary alicyclic amines) is 1. The molecule has 0 saturated carbocycles. The van der Waals surface area contributed by atoms with Gasteiger partial charge < -0.3 is 25.4 Å². The Bertz CT molecular complexity index is 1560. The Hall–Kier alpha value is -4.05. The topological polar surface area (TPSA) is 104 Å². The van der Waals surface area contributed by atoms with Crippen LogP contribution in [-0.2, 0) is 6.42 Å². The normalized spacial score (nSPS) is 21.1. The largest absolute Gasteiger partial charge is 0.489 e. The van der Waals surface area contributed by atoms with Crippen LogP contribution in [0.1, 0.15) is 62.3 Å². The molecule has 5 atom stereocenters. The van der Waals surface area contributed by atoms with Crippen LogP contribution < -0.4 is 15.4 Å². The minimum absolute atomic E-state index is 0.0438. The molecule has 3 N–H and O–H groups in total.